The molecule has 1 saturated heterocycles. The van der Waals surface area contributed by atoms with Crippen LogP contribution in [0.1, 0.15) is 32.6 Å². The van der Waals surface area contributed by atoms with Gasteiger partial charge in [-0.05, 0) is 18.8 Å². The molecule has 5 heteroatoms. The van der Waals surface area contributed by atoms with Crippen LogP contribution in [0.2, 0.25) is 0 Å². The Hall–Kier alpha value is -1.57. The first-order chi connectivity index (χ1) is 8.02. The summed E-state index contributed by atoms with van der Waals surface area (Å²) in [5.41, 5.74) is 5.08. The molecule has 0 aromatic carbocycles. The van der Waals surface area contributed by atoms with Crippen LogP contribution in [0.5, 0.6) is 0 Å². The van der Waals surface area contributed by atoms with Crippen molar-refractivity contribution in [2.45, 2.75) is 32.6 Å². The van der Waals surface area contributed by atoms with E-state index < -0.39 is 0 Å². The fourth-order valence-corrected chi connectivity index (χ4v) is 2.10. The zero-order valence-corrected chi connectivity index (χ0v) is 10.2. The van der Waals surface area contributed by atoms with E-state index in [-0.39, 0.29) is 30.1 Å². The number of nitriles is 1. The van der Waals surface area contributed by atoms with E-state index in [1.54, 1.807) is 4.90 Å². The summed E-state index contributed by atoms with van der Waals surface area (Å²) in [6.45, 7) is 3.16. The van der Waals surface area contributed by atoms with Gasteiger partial charge in [-0.15, -0.1) is 0 Å². The molecule has 17 heavy (non-hydrogen) atoms. The van der Waals surface area contributed by atoms with Gasteiger partial charge in [-0.2, -0.15) is 5.26 Å². The van der Waals surface area contributed by atoms with Gasteiger partial charge in [-0.3, -0.25) is 9.59 Å². The van der Waals surface area contributed by atoms with Crippen molar-refractivity contribution in [1.29, 1.82) is 5.26 Å². The maximum atomic E-state index is 11.9. The average Bonchev–Trinajstić information content (AvgIpc) is 2.28. The summed E-state index contributed by atoms with van der Waals surface area (Å²) in [5, 5.41) is 8.76. The highest BCUT2D eigenvalue weighted by Gasteiger charge is 2.23. The highest BCUT2D eigenvalue weighted by atomic mass is 16.2. The van der Waals surface area contributed by atoms with Crippen molar-refractivity contribution in [2.75, 3.05) is 13.1 Å². The van der Waals surface area contributed by atoms with E-state index in [1.807, 2.05) is 6.92 Å². The minimum atomic E-state index is -0.367. The third-order valence-corrected chi connectivity index (χ3v) is 3.10. The predicted molar refractivity (Wildman–Crippen MR) is 62.5 cm³/mol. The summed E-state index contributed by atoms with van der Waals surface area (Å²) < 4.78 is 0. The third-order valence-electron chi connectivity index (χ3n) is 3.10. The maximum absolute atomic E-state index is 11.9. The molecular formula is C12H19N3O2. The van der Waals surface area contributed by atoms with Gasteiger partial charge in [0.15, 0.2) is 0 Å². The number of amides is 2. The van der Waals surface area contributed by atoms with E-state index in [0.29, 0.717) is 19.5 Å². The Kier molecular flexibility index (Phi) is 4.95. The van der Waals surface area contributed by atoms with Crippen LogP contribution in [-0.4, -0.2) is 29.8 Å². The topological polar surface area (TPSA) is 87.2 Å². The summed E-state index contributed by atoms with van der Waals surface area (Å²) in [4.78, 5) is 24.4. The number of piperidine rings is 1. The first-order valence-electron chi connectivity index (χ1n) is 5.98. The van der Waals surface area contributed by atoms with E-state index >= 15 is 0 Å². The predicted octanol–water partition coefficient (Wildman–Crippen LogP) is 0.650. The Labute approximate surface area is 102 Å². The first-order valence-corrected chi connectivity index (χ1v) is 5.98. The molecule has 1 aliphatic heterocycles. The minimum absolute atomic E-state index is 0.00584. The Morgan fingerprint density at radius 1 is 1.41 bits per heavy atom. The quantitative estimate of drug-likeness (QED) is 0.778. The number of carbonyl (C=O) groups excluding carboxylic acids is 2. The van der Waals surface area contributed by atoms with Crippen molar-refractivity contribution in [3.63, 3.8) is 0 Å². The molecule has 0 radical (unpaired) electrons. The lowest BCUT2D eigenvalue weighted by atomic mass is 9.97. The van der Waals surface area contributed by atoms with Gasteiger partial charge >= 0.3 is 0 Å². The van der Waals surface area contributed by atoms with Crippen molar-refractivity contribution >= 4 is 11.8 Å². The van der Waals surface area contributed by atoms with Gasteiger partial charge in [-0.1, -0.05) is 6.92 Å². The largest absolute Gasteiger partial charge is 0.370 e. The van der Waals surface area contributed by atoms with Gasteiger partial charge in [0.1, 0.15) is 0 Å². The van der Waals surface area contributed by atoms with Crippen molar-refractivity contribution in [1.82, 2.24) is 4.90 Å². The van der Waals surface area contributed by atoms with Gasteiger partial charge in [0, 0.05) is 31.8 Å². The van der Waals surface area contributed by atoms with Crippen LogP contribution in [-0.2, 0) is 9.59 Å². The normalized spacial score (nSPS) is 18.5. The molecule has 2 amide bonds. The van der Waals surface area contributed by atoms with Gasteiger partial charge in [-0.25, -0.2) is 0 Å². The number of primary amides is 1. The number of hydrogen-bond donors (Lipinski definition) is 1. The third kappa shape index (κ3) is 4.43. The maximum Gasteiger partial charge on any atom is 0.222 e. The smallest absolute Gasteiger partial charge is 0.222 e. The second-order valence-electron chi connectivity index (χ2n) is 4.76. The number of hydrogen-bond acceptors (Lipinski definition) is 3. The molecular weight excluding hydrogens is 218 g/mol. The molecule has 0 unspecified atom stereocenters. The van der Waals surface area contributed by atoms with Crippen LogP contribution in [0.25, 0.3) is 0 Å². The second-order valence-corrected chi connectivity index (χ2v) is 4.76. The number of rotatable bonds is 4. The molecule has 1 atom stereocenters. The molecule has 94 valence electrons. The van der Waals surface area contributed by atoms with E-state index in [1.165, 1.54) is 0 Å². The van der Waals surface area contributed by atoms with Crippen LogP contribution in [0.4, 0.5) is 0 Å². The molecule has 0 aromatic heterocycles. The lowest BCUT2D eigenvalue weighted by Gasteiger charge is -2.29. The minimum Gasteiger partial charge on any atom is -0.370 e. The molecule has 2 N–H and O–H groups in total. The zero-order chi connectivity index (χ0) is 12.8. The SMILES string of the molecule is C[C@H](CC(N)=O)CC(=O)N1CCC(C#N)CC1. The summed E-state index contributed by atoms with van der Waals surface area (Å²) in [6, 6.07) is 2.23. The van der Waals surface area contributed by atoms with Gasteiger partial charge in [0.25, 0.3) is 0 Å². The van der Waals surface area contributed by atoms with Gasteiger partial charge < -0.3 is 10.6 Å². The van der Waals surface area contributed by atoms with Crippen LogP contribution >= 0.6 is 0 Å². The zero-order valence-electron chi connectivity index (χ0n) is 10.2. The molecule has 0 saturated carbocycles. The summed E-state index contributed by atoms with van der Waals surface area (Å²) in [6.07, 6.45) is 2.12. The molecule has 1 aliphatic rings. The van der Waals surface area contributed by atoms with E-state index in [2.05, 4.69) is 6.07 Å². The Morgan fingerprint density at radius 3 is 2.47 bits per heavy atom. The van der Waals surface area contributed by atoms with Crippen LogP contribution in [0.15, 0.2) is 0 Å². The first kappa shape index (κ1) is 13.5. The number of likely N-dealkylation sites (tertiary alicyclic amines) is 1. The Morgan fingerprint density at radius 2 is 2.00 bits per heavy atom. The molecule has 0 spiro atoms. The van der Waals surface area contributed by atoms with Crippen molar-refractivity contribution < 1.29 is 9.59 Å². The standard InChI is InChI=1S/C12H19N3O2/c1-9(6-11(14)16)7-12(17)15-4-2-10(8-13)3-5-15/h9-10H,2-7H2,1H3,(H2,14,16)/t9-/m1/s1. The van der Waals surface area contributed by atoms with Crippen molar-refractivity contribution in [3.8, 4) is 6.07 Å². The van der Waals surface area contributed by atoms with E-state index in [4.69, 9.17) is 11.0 Å². The molecule has 1 rings (SSSR count). The highest BCUT2D eigenvalue weighted by Crippen LogP contribution is 2.18. The molecule has 0 aromatic rings. The lowest BCUT2D eigenvalue weighted by Crippen LogP contribution is -2.39. The number of carbonyl (C=O) groups is 2. The average molecular weight is 237 g/mol. The molecule has 0 aliphatic carbocycles. The Balaban J connectivity index is 2.34. The number of nitrogens with zero attached hydrogens (tertiary/aromatic N) is 2. The van der Waals surface area contributed by atoms with Gasteiger partial charge in [0.05, 0.1) is 6.07 Å². The summed E-state index contributed by atoms with van der Waals surface area (Å²) in [5.74, 6) is -0.223. The van der Waals surface area contributed by atoms with Crippen molar-refractivity contribution in [3.05, 3.63) is 0 Å². The second kappa shape index (κ2) is 6.24. The fraction of sp³-hybridized carbons (Fsp3) is 0.750. The molecule has 1 fully saturated rings. The molecule has 5 nitrogen and oxygen atoms in total. The molecule has 0 bridgehead atoms. The summed E-state index contributed by atoms with van der Waals surface area (Å²) in [7, 11) is 0. The van der Waals surface area contributed by atoms with Crippen LogP contribution < -0.4 is 5.73 Å². The van der Waals surface area contributed by atoms with Crippen LogP contribution in [0.3, 0.4) is 0 Å². The number of nitrogens with two attached hydrogens (primary N) is 1. The van der Waals surface area contributed by atoms with Crippen LogP contribution in [0, 0.1) is 23.2 Å². The fourth-order valence-electron chi connectivity index (χ4n) is 2.10. The van der Waals surface area contributed by atoms with E-state index in [9.17, 15) is 9.59 Å². The Bertz CT molecular complexity index is 327. The van der Waals surface area contributed by atoms with Crippen molar-refractivity contribution in [2.24, 2.45) is 17.6 Å². The lowest BCUT2D eigenvalue weighted by molar-refractivity contribution is -0.133. The summed E-state index contributed by atoms with van der Waals surface area (Å²) >= 11 is 0. The molecule has 1 heterocycles. The monoisotopic (exact) mass is 237 g/mol. The highest BCUT2D eigenvalue weighted by molar-refractivity contribution is 5.78. The van der Waals surface area contributed by atoms with E-state index in [0.717, 1.165) is 12.8 Å². The van der Waals surface area contributed by atoms with Gasteiger partial charge in [0.2, 0.25) is 11.8 Å².